The Morgan fingerprint density at radius 3 is 2.57 bits per heavy atom. The van der Waals surface area contributed by atoms with Crippen molar-refractivity contribution in [1.29, 1.82) is 0 Å². The van der Waals surface area contributed by atoms with Gasteiger partial charge in [-0.25, -0.2) is 0 Å². The number of nitrogens with zero attached hydrogens (tertiary/aromatic N) is 2. The summed E-state index contributed by atoms with van der Waals surface area (Å²) < 4.78 is 5.80. The van der Waals surface area contributed by atoms with Crippen molar-refractivity contribution < 1.29 is 24.2 Å². The van der Waals surface area contributed by atoms with E-state index in [2.05, 4.69) is 0 Å². The molecule has 2 rings (SSSR count). The van der Waals surface area contributed by atoms with Gasteiger partial charge in [0.05, 0.1) is 12.5 Å². The molecule has 0 saturated carbocycles. The molecule has 28 heavy (non-hydrogen) atoms. The van der Waals surface area contributed by atoms with Gasteiger partial charge in [-0.1, -0.05) is 18.2 Å². The Balaban J connectivity index is 2.01. The molecule has 1 aromatic carbocycles. The number of carbonyl (C=O) groups is 3. The lowest BCUT2D eigenvalue weighted by Gasteiger charge is -2.29. The second-order valence-electron chi connectivity index (χ2n) is 7.46. The van der Waals surface area contributed by atoms with E-state index in [9.17, 15) is 14.4 Å². The number of rotatable bonds is 7. The minimum absolute atomic E-state index is 0.0214. The zero-order valence-corrected chi connectivity index (χ0v) is 16.9. The largest absolute Gasteiger partial charge is 0.491 e. The summed E-state index contributed by atoms with van der Waals surface area (Å²) in [6.07, 6.45) is 2.32. The molecule has 1 aromatic rings. The van der Waals surface area contributed by atoms with Crippen LogP contribution >= 0.6 is 0 Å². The van der Waals surface area contributed by atoms with Crippen molar-refractivity contribution in [3.63, 3.8) is 0 Å². The zero-order valence-electron chi connectivity index (χ0n) is 16.9. The van der Waals surface area contributed by atoms with Gasteiger partial charge < -0.3 is 19.6 Å². The highest BCUT2D eigenvalue weighted by molar-refractivity contribution is 5.80. The maximum Gasteiger partial charge on any atom is 0.323 e. The third-order valence-corrected chi connectivity index (χ3v) is 4.88. The molecule has 2 amide bonds. The second kappa shape index (κ2) is 10.1. The lowest BCUT2D eigenvalue weighted by Crippen LogP contribution is -2.43. The number of carbonyl (C=O) groups excluding carboxylic acids is 2. The number of ether oxygens (including phenoxy) is 1. The van der Waals surface area contributed by atoms with E-state index < -0.39 is 5.97 Å². The van der Waals surface area contributed by atoms with Gasteiger partial charge in [-0.3, -0.25) is 14.4 Å². The Hall–Kier alpha value is -2.57. The van der Waals surface area contributed by atoms with Gasteiger partial charge in [-0.2, -0.15) is 0 Å². The van der Waals surface area contributed by atoms with Crippen LogP contribution in [0.25, 0.3) is 0 Å². The maximum atomic E-state index is 12.8. The van der Waals surface area contributed by atoms with Crippen LogP contribution in [-0.4, -0.2) is 64.5 Å². The summed E-state index contributed by atoms with van der Waals surface area (Å²) in [5.41, 5.74) is 0.859. The van der Waals surface area contributed by atoms with E-state index in [0.717, 1.165) is 17.7 Å². The second-order valence-corrected chi connectivity index (χ2v) is 7.46. The summed E-state index contributed by atoms with van der Waals surface area (Å²) in [5.74, 6) is -0.517. The van der Waals surface area contributed by atoms with Crippen LogP contribution in [0.4, 0.5) is 0 Å². The van der Waals surface area contributed by atoms with E-state index in [1.807, 2.05) is 43.0 Å². The van der Waals surface area contributed by atoms with Crippen LogP contribution in [0.2, 0.25) is 0 Å². The molecule has 1 saturated heterocycles. The van der Waals surface area contributed by atoms with Crippen molar-refractivity contribution >= 4 is 17.8 Å². The van der Waals surface area contributed by atoms with Crippen molar-refractivity contribution in [3.05, 3.63) is 29.8 Å². The van der Waals surface area contributed by atoms with Gasteiger partial charge in [0.2, 0.25) is 11.8 Å². The molecule has 0 radical (unpaired) electrons. The Labute approximate surface area is 166 Å². The van der Waals surface area contributed by atoms with Crippen molar-refractivity contribution in [2.75, 3.05) is 19.6 Å². The SMILES string of the molecule is CC(=O)N(CC(=O)O)C1CCCN(C(=O)Cc2ccccc2OC(C)C)CC1. The monoisotopic (exact) mass is 390 g/mol. The van der Waals surface area contributed by atoms with Gasteiger partial charge in [0, 0.05) is 31.6 Å². The van der Waals surface area contributed by atoms with Crippen LogP contribution in [-0.2, 0) is 20.8 Å². The van der Waals surface area contributed by atoms with Crippen LogP contribution < -0.4 is 4.74 Å². The highest BCUT2D eigenvalue weighted by atomic mass is 16.5. The molecule has 1 fully saturated rings. The third-order valence-electron chi connectivity index (χ3n) is 4.88. The Morgan fingerprint density at radius 1 is 1.21 bits per heavy atom. The highest BCUT2D eigenvalue weighted by Gasteiger charge is 2.27. The molecule has 1 N–H and O–H groups in total. The Kier molecular flexibility index (Phi) is 7.84. The van der Waals surface area contributed by atoms with E-state index in [4.69, 9.17) is 9.84 Å². The summed E-state index contributed by atoms with van der Waals surface area (Å²) in [4.78, 5) is 39.0. The van der Waals surface area contributed by atoms with Crippen molar-refractivity contribution in [1.82, 2.24) is 9.80 Å². The average molecular weight is 390 g/mol. The van der Waals surface area contributed by atoms with Crippen LogP contribution in [0.15, 0.2) is 24.3 Å². The predicted octanol–water partition coefficient (Wildman–Crippen LogP) is 2.33. The van der Waals surface area contributed by atoms with E-state index in [1.165, 1.54) is 11.8 Å². The first-order chi connectivity index (χ1) is 13.3. The molecule has 1 unspecified atom stereocenters. The summed E-state index contributed by atoms with van der Waals surface area (Å²) in [6, 6.07) is 7.41. The van der Waals surface area contributed by atoms with Gasteiger partial charge in [0.1, 0.15) is 12.3 Å². The van der Waals surface area contributed by atoms with Crippen LogP contribution in [0.1, 0.15) is 45.6 Å². The highest BCUT2D eigenvalue weighted by Crippen LogP contribution is 2.22. The number of hydrogen-bond acceptors (Lipinski definition) is 4. The summed E-state index contributed by atoms with van der Waals surface area (Å²) in [7, 11) is 0. The lowest BCUT2D eigenvalue weighted by molar-refractivity contribution is -0.145. The van der Waals surface area contributed by atoms with Crippen molar-refractivity contribution in [3.8, 4) is 5.75 Å². The molecule has 0 bridgehead atoms. The Bertz CT molecular complexity index is 704. The molecule has 0 spiro atoms. The summed E-state index contributed by atoms with van der Waals surface area (Å²) >= 11 is 0. The third kappa shape index (κ3) is 6.25. The number of benzene rings is 1. The van der Waals surface area contributed by atoms with Gasteiger partial charge in [-0.15, -0.1) is 0 Å². The maximum absolute atomic E-state index is 12.8. The molecule has 0 aromatic heterocycles. The van der Waals surface area contributed by atoms with E-state index in [1.54, 1.807) is 0 Å². The fraction of sp³-hybridized carbons (Fsp3) is 0.571. The van der Waals surface area contributed by atoms with E-state index in [0.29, 0.717) is 25.9 Å². The molecule has 154 valence electrons. The quantitative estimate of drug-likeness (QED) is 0.772. The Morgan fingerprint density at radius 2 is 1.93 bits per heavy atom. The first-order valence-electron chi connectivity index (χ1n) is 9.79. The topological polar surface area (TPSA) is 87.2 Å². The molecule has 1 heterocycles. The van der Waals surface area contributed by atoms with Gasteiger partial charge in [-0.05, 0) is 39.2 Å². The van der Waals surface area contributed by atoms with Crippen LogP contribution in [0, 0.1) is 0 Å². The van der Waals surface area contributed by atoms with Gasteiger partial charge >= 0.3 is 5.97 Å². The number of aliphatic carboxylic acids is 1. The minimum atomic E-state index is -1.02. The van der Waals surface area contributed by atoms with E-state index >= 15 is 0 Å². The molecule has 7 nitrogen and oxygen atoms in total. The molecular weight excluding hydrogens is 360 g/mol. The molecule has 1 atom stereocenters. The average Bonchev–Trinajstić information content (AvgIpc) is 2.86. The van der Waals surface area contributed by atoms with Gasteiger partial charge in [0.25, 0.3) is 0 Å². The van der Waals surface area contributed by atoms with Crippen LogP contribution in [0.3, 0.4) is 0 Å². The van der Waals surface area contributed by atoms with Crippen LogP contribution in [0.5, 0.6) is 5.75 Å². The molecule has 1 aliphatic heterocycles. The smallest absolute Gasteiger partial charge is 0.323 e. The lowest BCUT2D eigenvalue weighted by atomic mass is 10.1. The molecular formula is C21H30N2O5. The van der Waals surface area contributed by atoms with Gasteiger partial charge in [0.15, 0.2) is 0 Å². The number of hydrogen-bond donors (Lipinski definition) is 1. The van der Waals surface area contributed by atoms with E-state index in [-0.39, 0.29) is 36.9 Å². The number of amides is 2. The zero-order chi connectivity index (χ0) is 20.7. The number of carboxylic acid groups (broad SMARTS) is 1. The molecule has 7 heteroatoms. The van der Waals surface area contributed by atoms with Crippen molar-refractivity contribution in [2.45, 2.75) is 58.6 Å². The standard InChI is InChI=1S/C21H30N2O5/c1-15(2)28-19-9-5-4-7-17(19)13-20(25)22-11-6-8-18(10-12-22)23(16(3)24)14-21(26)27/h4-5,7,9,15,18H,6,8,10-14H2,1-3H3,(H,26,27). The first-order valence-corrected chi connectivity index (χ1v) is 9.79. The van der Waals surface area contributed by atoms with Crippen molar-refractivity contribution in [2.24, 2.45) is 0 Å². The molecule has 0 aliphatic carbocycles. The predicted molar refractivity (Wildman–Crippen MR) is 105 cm³/mol. The first kappa shape index (κ1) is 21.7. The molecule has 1 aliphatic rings. The summed E-state index contributed by atoms with van der Waals surface area (Å²) in [5, 5.41) is 9.06. The normalized spacial score (nSPS) is 17.1. The fourth-order valence-corrected chi connectivity index (χ4v) is 3.58. The number of para-hydroxylation sites is 1. The summed E-state index contributed by atoms with van der Waals surface area (Å²) in [6.45, 7) is 6.12. The number of likely N-dealkylation sites (tertiary alicyclic amines) is 1. The minimum Gasteiger partial charge on any atom is -0.491 e. The fourth-order valence-electron chi connectivity index (χ4n) is 3.58. The number of carboxylic acids is 1.